The van der Waals surface area contributed by atoms with Gasteiger partial charge in [0.1, 0.15) is 18.0 Å². The molecule has 11 heteroatoms. The first-order chi connectivity index (χ1) is 15.0. The van der Waals surface area contributed by atoms with Crippen molar-refractivity contribution in [3.8, 4) is 0 Å². The fourth-order valence-corrected chi connectivity index (χ4v) is 3.97. The molecular weight excluding hydrogens is 433 g/mol. The fraction of sp³-hybridized carbons (Fsp3) is 0.476. The molecule has 1 aromatic carbocycles. The highest BCUT2D eigenvalue weighted by molar-refractivity contribution is 5.97. The summed E-state index contributed by atoms with van der Waals surface area (Å²) in [5, 5.41) is 3.31. The van der Waals surface area contributed by atoms with Gasteiger partial charge in [-0.05, 0) is 44.7 Å². The fourth-order valence-electron chi connectivity index (χ4n) is 3.97. The number of rotatable bonds is 5. The highest BCUT2D eigenvalue weighted by atomic mass is 19.4. The summed E-state index contributed by atoms with van der Waals surface area (Å²) in [6.45, 7) is 1.87. The number of hydrogen-bond donors (Lipinski definition) is 1. The van der Waals surface area contributed by atoms with Crippen LogP contribution in [-0.4, -0.2) is 48.2 Å². The van der Waals surface area contributed by atoms with Crippen molar-refractivity contribution in [1.29, 1.82) is 0 Å². The molecule has 0 bridgehead atoms. The van der Waals surface area contributed by atoms with Crippen LogP contribution in [0.3, 0.4) is 0 Å². The Morgan fingerprint density at radius 3 is 2.28 bits per heavy atom. The van der Waals surface area contributed by atoms with E-state index in [4.69, 9.17) is 0 Å². The Hall–Kier alpha value is -2.98. The van der Waals surface area contributed by atoms with E-state index in [1.165, 1.54) is 6.33 Å². The second-order valence-electron chi connectivity index (χ2n) is 7.99. The molecule has 6 nitrogen and oxygen atoms in total. The average Bonchev–Trinajstić information content (AvgIpc) is 2.72. The molecule has 0 aliphatic heterocycles. The summed E-state index contributed by atoms with van der Waals surface area (Å²) in [5.74, 6) is -3.22. The van der Waals surface area contributed by atoms with Gasteiger partial charge in [0.05, 0.1) is 0 Å². The minimum Gasteiger partial charge on any atom is -0.367 e. The van der Waals surface area contributed by atoms with E-state index in [0.717, 1.165) is 17.4 Å². The molecule has 3 rings (SSSR count). The SMILES string of the molecule is Cc1c(NC2CCC(N(C(=O)C(F)(F)F)c3ccc(F)c(F)c3)CC2)ncnc1N(C)C. The maximum absolute atomic E-state index is 13.7. The van der Waals surface area contributed by atoms with Crippen LogP contribution in [0.15, 0.2) is 24.5 Å². The number of alkyl halides is 3. The van der Waals surface area contributed by atoms with Crippen molar-refractivity contribution < 1.29 is 26.7 Å². The number of amides is 1. The van der Waals surface area contributed by atoms with E-state index in [1.807, 2.05) is 25.9 Å². The van der Waals surface area contributed by atoms with Crippen LogP contribution in [0.25, 0.3) is 0 Å². The third-order valence-corrected chi connectivity index (χ3v) is 5.53. The van der Waals surface area contributed by atoms with E-state index in [-0.39, 0.29) is 24.6 Å². The molecule has 0 radical (unpaired) electrons. The third-order valence-electron chi connectivity index (χ3n) is 5.53. The summed E-state index contributed by atoms with van der Waals surface area (Å²) in [5.41, 5.74) is 0.528. The van der Waals surface area contributed by atoms with E-state index in [0.29, 0.717) is 35.7 Å². The highest BCUT2D eigenvalue weighted by Crippen LogP contribution is 2.33. The van der Waals surface area contributed by atoms with Gasteiger partial charge in [-0.3, -0.25) is 4.79 Å². The number of nitrogens with zero attached hydrogens (tertiary/aromatic N) is 4. The Labute approximate surface area is 182 Å². The van der Waals surface area contributed by atoms with Crippen LogP contribution in [0.4, 0.5) is 39.3 Å². The Morgan fingerprint density at radius 2 is 1.72 bits per heavy atom. The van der Waals surface area contributed by atoms with Gasteiger partial charge in [-0.1, -0.05) is 0 Å². The summed E-state index contributed by atoms with van der Waals surface area (Å²) in [7, 11) is 3.71. The van der Waals surface area contributed by atoms with Gasteiger partial charge < -0.3 is 15.1 Å². The molecule has 1 aromatic heterocycles. The van der Waals surface area contributed by atoms with Gasteiger partial charge in [0.2, 0.25) is 0 Å². The first kappa shape index (κ1) is 23.7. The molecular formula is C21H24F5N5O. The van der Waals surface area contributed by atoms with Gasteiger partial charge in [-0.25, -0.2) is 18.7 Å². The molecule has 1 aliphatic rings. The summed E-state index contributed by atoms with van der Waals surface area (Å²) in [4.78, 5) is 23.0. The molecule has 1 aliphatic carbocycles. The molecule has 1 fully saturated rings. The molecule has 174 valence electrons. The number of anilines is 3. The minimum atomic E-state index is -5.14. The van der Waals surface area contributed by atoms with Crippen molar-refractivity contribution in [1.82, 2.24) is 9.97 Å². The maximum Gasteiger partial charge on any atom is 0.471 e. The van der Waals surface area contributed by atoms with Crippen LogP contribution in [0.5, 0.6) is 0 Å². The molecule has 0 atom stereocenters. The normalized spacial score (nSPS) is 18.9. The second kappa shape index (κ2) is 9.25. The van der Waals surface area contributed by atoms with Crippen molar-refractivity contribution in [3.05, 3.63) is 41.7 Å². The molecule has 0 unspecified atom stereocenters. The molecule has 1 heterocycles. The number of carbonyl (C=O) groups is 1. The zero-order valence-electron chi connectivity index (χ0n) is 17.9. The Bertz CT molecular complexity index is 974. The van der Waals surface area contributed by atoms with Gasteiger partial charge >= 0.3 is 12.1 Å². The van der Waals surface area contributed by atoms with Gasteiger partial charge in [0, 0.05) is 43.5 Å². The van der Waals surface area contributed by atoms with E-state index in [2.05, 4.69) is 15.3 Å². The van der Waals surface area contributed by atoms with E-state index in [9.17, 15) is 26.7 Å². The molecule has 32 heavy (non-hydrogen) atoms. The Kier molecular flexibility index (Phi) is 6.85. The third kappa shape index (κ3) is 5.08. The lowest BCUT2D eigenvalue weighted by molar-refractivity contribution is -0.171. The first-order valence-electron chi connectivity index (χ1n) is 10.1. The maximum atomic E-state index is 13.7. The lowest BCUT2D eigenvalue weighted by Gasteiger charge is -2.37. The van der Waals surface area contributed by atoms with Crippen LogP contribution < -0.4 is 15.1 Å². The van der Waals surface area contributed by atoms with Crippen molar-refractivity contribution in [2.75, 3.05) is 29.2 Å². The number of nitrogens with one attached hydrogen (secondary N) is 1. The zero-order valence-corrected chi connectivity index (χ0v) is 17.9. The number of carbonyl (C=O) groups excluding carboxylic acids is 1. The van der Waals surface area contributed by atoms with Crippen molar-refractivity contribution in [3.63, 3.8) is 0 Å². The largest absolute Gasteiger partial charge is 0.471 e. The summed E-state index contributed by atoms with van der Waals surface area (Å²) < 4.78 is 66.7. The van der Waals surface area contributed by atoms with Crippen molar-refractivity contribution >= 4 is 23.2 Å². The molecule has 2 aromatic rings. The summed E-state index contributed by atoms with van der Waals surface area (Å²) >= 11 is 0. The van der Waals surface area contributed by atoms with Gasteiger partial charge in [-0.15, -0.1) is 0 Å². The number of halogens is 5. The van der Waals surface area contributed by atoms with E-state index in [1.54, 1.807) is 0 Å². The van der Waals surface area contributed by atoms with Gasteiger partial charge in [0.15, 0.2) is 11.6 Å². The summed E-state index contributed by atoms with van der Waals surface area (Å²) in [6.07, 6.45) is -2.26. The molecule has 0 saturated heterocycles. The lowest BCUT2D eigenvalue weighted by Crippen LogP contribution is -2.49. The average molecular weight is 457 g/mol. The van der Waals surface area contributed by atoms with Crippen LogP contribution in [0, 0.1) is 18.6 Å². The first-order valence-corrected chi connectivity index (χ1v) is 10.1. The molecule has 0 spiro atoms. The smallest absolute Gasteiger partial charge is 0.367 e. The highest BCUT2D eigenvalue weighted by Gasteiger charge is 2.46. The van der Waals surface area contributed by atoms with Gasteiger partial charge in [-0.2, -0.15) is 13.2 Å². The van der Waals surface area contributed by atoms with Crippen LogP contribution in [-0.2, 0) is 4.79 Å². The molecule has 1 amide bonds. The topological polar surface area (TPSA) is 61.4 Å². The second-order valence-corrected chi connectivity index (χ2v) is 7.99. The van der Waals surface area contributed by atoms with E-state index < -0.39 is 29.8 Å². The van der Waals surface area contributed by atoms with Crippen LogP contribution >= 0.6 is 0 Å². The molecule has 1 saturated carbocycles. The van der Waals surface area contributed by atoms with Crippen LogP contribution in [0.2, 0.25) is 0 Å². The quantitative estimate of drug-likeness (QED) is 0.673. The van der Waals surface area contributed by atoms with Crippen molar-refractivity contribution in [2.24, 2.45) is 0 Å². The van der Waals surface area contributed by atoms with Crippen molar-refractivity contribution in [2.45, 2.75) is 50.9 Å². The predicted octanol–water partition coefficient (Wildman–Crippen LogP) is 4.45. The number of aromatic nitrogens is 2. The number of benzene rings is 1. The zero-order chi connectivity index (χ0) is 23.6. The Morgan fingerprint density at radius 1 is 1.06 bits per heavy atom. The van der Waals surface area contributed by atoms with E-state index >= 15 is 0 Å². The monoisotopic (exact) mass is 457 g/mol. The number of hydrogen-bond acceptors (Lipinski definition) is 5. The summed E-state index contributed by atoms with van der Waals surface area (Å²) in [6, 6.07) is 1.46. The Balaban J connectivity index is 1.76. The minimum absolute atomic E-state index is 0.0670. The van der Waals surface area contributed by atoms with Crippen LogP contribution in [0.1, 0.15) is 31.2 Å². The molecule has 1 N–H and O–H groups in total. The lowest BCUT2D eigenvalue weighted by atomic mass is 9.89. The standard InChI is InChI=1S/C21H24F5N5O/c1-12-18(27-11-28-19(12)30(2)3)29-13-4-6-14(7-5-13)31(20(32)21(24,25)26)15-8-9-16(22)17(23)10-15/h8-11,13-14H,4-7H2,1-3H3,(H,27,28,29). The van der Waals surface area contributed by atoms with Gasteiger partial charge in [0.25, 0.3) is 0 Å². The predicted molar refractivity (Wildman–Crippen MR) is 111 cm³/mol.